The maximum Gasteiger partial charge on any atom is 0.323 e. The molecule has 0 saturated carbocycles. The molecule has 1 unspecified atom stereocenters. The molecule has 106 valence electrons. The number of rotatable bonds is 8. The van der Waals surface area contributed by atoms with Crippen LogP contribution in [0.15, 0.2) is 0 Å². The van der Waals surface area contributed by atoms with Crippen LogP contribution in [-0.4, -0.2) is 58.5 Å². The SMILES string of the molecule is CCC(C(=O)N(CC(=O)O)C(C)C)N(CC)CC. The molecule has 0 aromatic rings. The predicted molar refractivity (Wildman–Crippen MR) is 71.5 cm³/mol. The Labute approximate surface area is 110 Å². The molecule has 5 heteroatoms. The first-order chi connectivity index (χ1) is 8.38. The Bertz CT molecular complexity index is 275. The quantitative estimate of drug-likeness (QED) is 0.715. The summed E-state index contributed by atoms with van der Waals surface area (Å²) in [5.41, 5.74) is 0. The lowest BCUT2D eigenvalue weighted by molar-refractivity contribution is -0.148. The molecule has 5 nitrogen and oxygen atoms in total. The predicted octanol–water partition coefficient (Wildman–Crippen LogP) is 1.43. The van der Waals surface area contributed by atoms with Crippen molar-refractivity contribution in [1.29, 1.82) is 0 Å². The van der Waals surface area contributed by atoms with Crippen LogP contribution in [0.1, 0.15) is 41.0 Å². The van der Waals surface area contributed by atoms with Gasteiger partial charge in [0.25, 0.3) is 0 Å². The maximum atomic E-state index is 12.4. The van der Waals surface area contributed by atoms with Gasteiger partial charge in [-0.3, -0.25) is 14.5 Å². The minimum Gasteiger partial charge on any atom is -0.480 e. The molecule has 0 aliphatic carbocycles. The highest BCUT2D eigenvalue weighted by molar-refractivity contribution is 5.85. The van der Waals surface area contributed by atoms with E-state index in [1.807, 2.05) is 34.6 Å². The Morgan fingerprint density at radius 1 is 1.11 bits per heavy atom. The van der Waals surface area contributed by atoms with E-state index in [1.54, 1.807) is 0 Å². The molecule has 0 radical (unpaired) electrons. The number of carboxylic acid groups (broad SMARTS) is 1. The van der Waals surface area contributed by atoms with E-state index in [0.29, 0.717) is 6.42 Å². The van der Waals surface area contributed by atoms with Gasteiger partial charge < -0.3 is 10.0 Å². The van der Waals surface area contributed by atoms with E-state index in [9.17, 15) is 9.59 Å². The van der Waals surface area contributed by atoms with Crippen molar-refractivity contribution in [3.8, 4) is 0 Å². The standard InChI is InChI=1S/C13H26N2O3/c1-6-11(14(7-2)8-3)13(18)15(10(4)5)9-12(16)17/h10-11H,6-9H2,1-5H3,(H,16,17). The van der Waals surface area contributed by atoms with E-state index in [0.717, 1.165) is 13.1 Å². The zero-order chi connectivity index (χ0) is 14.3. The molecule has 1 N–H and O–H groups in total. The number of amides is 1. The summed E-state index contributed by atoms with van der Waals surface area (Å²) < 4.78 is 0. The van der Waals surface area contributed by atoms with Crippen LogP contribution >= 0.6 is 0 Å². The Hall–Kier alpha value is -1.10. The first-order valence-corrected chi connectivity index (χ1v) is 6.65. The molecule has 0 saturated heterocycles. The van der Waals surface area contributed by atoms with Gasteiger partial charge >= 0.3 is 5.97 Å². The highest BCUT2D eigenvalue weighted by Crippen LogP contribution is 2.11. The summed E-state index contributed by atoms with van der Waals surface area (Å²) in [5.74, 6) is -1.05. The minimum atomic E-state index is -0.966. The van der Waals surface area contributed by atoms with E-state index < -0.39 is 5.97 Å². The van der Waals surface area contributed by atoms with Gasteiger partial charge in [0.2, 0.25) is 5.91 Å². The van der Waals surface area contributed by atoms with Crippen molar-refractivity contribution in [2.24, 2.45) is 0 Å². The fourth-order valence-corrected chi connectivity index (χ4v) is 2.11. The topological polar surface area (TPSA) is 60.9 Å². The number of aliphatic carboxylic acids is 1. The average molecular weight is 258 g/mol. The van der Waals surface area contributed by atoms with Crippen LogP contribution in [0.25, 0.3) is 0 Å². The van der Waals surface area contributed by atoms with Gasteiger partial charge in [-0.15, -0.1) is 0 Å². The normalized spacial score (nSPS) is 12.8. The molecule has 0 aromatic heterocycles. The molecule has 1 atom stereocenters. The molecule has 18 heavy (non-hydrogen) atoms. The molecule has 1 amide bonds. The van der Waals surface area contributed by atoms with E-state index >= 15 is 0 Å². The third-order valence-electron chi connectivity index (χ3n) is 3.14. The average Bonchev–Trinajstić information content (AvgIpc) is 2.31. The maximum absolute atomic E-state index is 12.4. The first kappa shape index (κ1) is 16.9. The molecule has 0 spiro atoms. The van der Waals surface area contributed by atoms with Crippen molar-refractivity contribution < 1.29 is 14.7 Å². The van der Waals surface area contributed by atoms with E-state index in [4.69, 9.17) is 5.11 Å². The summed E-state index contributed by atoms with van der Waals surface area (Å²) in [6.45, 7) is 11.0. The van der Waals surface area contributed by atoms with Crippen LogP contribution in [0.2, 0.25) is 0 Å². The first-order valence-electron chi connectivity index (χ1n) is 6.65. The van der Waals surface area contributed by atoms with Crippen LogP contribution in [0.5, 0.6) is 0 Å². The third-order valence-corrected chi connectivity index (χ3v) is 3.14. The molecule has 0 aliphatic heterocycles. The molecule has 0 aromatic carbocycles. The Morgan fingerprint density at radius 3 is 1.89 bits per heavy atom. The van der Waals surface area contributed by atoms with Gasteiger partial charge in [-0.25, -0.2) is 0 Å². The summed E-state index contributed by atoms with van der Waals surface area (Å²) in [4.78, 5) is 26.8. The Balaban J connectivity index is 4.96. The number of hydrogen-bond acceptors (Lipinski definition) is 3. The summed E-state index contributed by atoms with van der Waals surface area (Å²) >= 11 is 0. The van der Waals surface area contributed by atoms with Gasteiger partial charge in [-0.1, -0.05) is 20.8 Å². The highest BCUT2D eigenvalue weighted by atomic mass is 16.4. The molecular weight excluding hydrogens is 232 g/mol. The van der Waals surface area contributed by atoms with Crippen LogP contribution in [0.3, 0.4) is 0 Å². The van der Waals surface area contributed by atoms with Crippen molar-refractivity contribution in [2.45, 2.75) is 53.1 Å². The fraction of sp³-hybridized carbons (Fsp3) is 0.846. The number of carbonyl (C=O) groups is 2. The number of carbonyl (C=O) groups excluding carboxylic acids is 1. The highest BCUT2D eigenvalue weighted by Gasteiger charge is 2.29. The second-order valence-electron chi connectivity index (χ2n) is 4.60. The van der Waals surface area contributed by atoms with Crippen molar-refractivity contribution >= 4 is 11.9 Å². The van der Waals surface area contributed by atoms with Crippen LogP contribution in [0.4, 0.5) is 0 Å². The molecular formula is C13H26N2O3. The Morgan fingerprint density at radius 2 is 1.61 bits per heavy atom. The smallest absolute Gasteiger partial charge is 0.323 e. The van der Waals surface area contributed by atoms with Crippen LogP contribution in [-0.2, 0) is 9.59 Å². The van der Waals surface area contributed by atoms with Gasteiger partial charge in [0.05, 0.1) is 6.04 Å². The van der Waals surface area contributed by atoms with Gasteiger partial charge in [0.15, 0.2) is 0 Å². The molecule has 0 bridgehead atoms. The zero-order valence-electron chi connectivity index (χ0n) is 12.1. The van der Waals surface area contributed by atoms with Crippen molar-refractivity contribution in [2.75, 3.05) is 19.6 Å². The van der Waals surface area contributed by atoms with Crippen molar-refractivity contribution in [3.63, 3.8) is 0 Å². The Kier molecular flexibility index (Phi) is 7.59. The zero-order valence-corrected chi connectivity index (χ0v) is 12.1. The lowest BCUT2D eigenvalue weighted by atomic mass is 10.1. The summed E-state index contributed by atoms with van der Waals surface area (Å²) in [6, 6.07) is -0.319. The lowest BCUT2D eigenvalue weighted by Crippen LogP contribution is -2.51. The lowest BCUT2D eigenvalue weighted by Gasteiger charge is -2.34. The van der Waals surface area contributed by atoms with Gasteiger partial charge in [0, 0.05) is 6.04 Å². The summed E-state index contributed by atoms with van der Waals surface area (Å²) in [5, 5.41) is 8.88. The monoisotopic (exact) mass is 258 g/mol. The second kappa shape index (κ2) is 8.08. The number of hydrogen-bond donors (Lipinski definition) is 1. The molecule has 0 fully saturated rings. The van der Waals surface area contributed by atoms with Crippen LogP contribution in [0, 0.1) is 0 Å². The van der Waals surface area contributed by atoms with Crippen LogP contribution < -0.4 is 0 Å². The van der Waals surface area contributed by atoms with E-state index in [2.05, 4.69) is 4.90 Å². The minimum absolute atomic E-state index is 0.0846. The second-order valence-corrected chi connectivity index (χ2v) is 4.60. The van der Waals surface area contributed by atoms with Gasteiger partial charge in [0.1, 0.15) is 6.54 Å². The largest absolute Gasteiger partial charge is 0.480 e. The number of likely N-dealkylation sites (N-methyl/N-ethyl adjacent to an activating group) is 1. The van der Waals surface area contributed by atoms with Gasteiger partial charge in [-0.05, 0) is 33.4 Å². The molecule has 0 heterocycles. The fourth-order valence-electron chi connectivity index (χ4n) is 2.11. The van der Waals surface area contributed by atoms with E-state index in [1.165, 1.54) is 4.90 Å². The number of carboxylic acids is 1. The van der Waals surface area contributed by atoms with E-state index in [-0.39, 0.29) is 24.5 Å². The van der Waals surface area contributed by atoms with Gasteiger partial charge in [-0.2, -0.15) is 0 Å². The summed E-state index contributed by atoms with van der Waals surface area (Å²) in [7, 11) is 0. The summed E-state index contributed by atoms with van der Waals surface area (Å²) in [6.07, 6.45) is 0.698. The number of nitrogens with zero attached hydrogens (tertiary/aromatic N) is 2. The van der Waals surface area contributed by atoms with Crippen molar-refractivity contribution in [3.05, 3.63) is 0 Å². The van der Waals surface area contributed by atoms with Crippen molar-refractivity contribution in [1.82, 2.24) is 9.80 Å². The molecule has 0 aliphatic rings. The third kappa shape index (κ3) is 4.64. The molecule has 0 rings (SSSR count).